The molecule has 0 unspecified atom stereocenters. The first kappa shape index (κ1) is 15.7. The summed E-state index contributed by atoms with van der Waals surface area (Å²) in [6, 6.07) is 14.3. The fourth-order valence-corrected chi connectivity index (χ4v) is 2.75. The van der Waals surface area contributed by atoms with E-state index in [-0.39, 0.29) is 11.7 Å². The van der Waals surface area contributed by atoms with Gasteiger partial charge >= 0.3 is 5.91 Å². The highest BCUT2D eigenvalue weighted by molar-refractivity contribution is 7.97. The molecule has 3 rings (SSSR count). The third-order valence-corrected chi connectivity index (χ3v) is 4.01. The van der Waals surface area contributed by atoms with Crippen molar-refractivity contribution in [3.63, 3.8) is 0 Å². The second kappa shape index (κ2) is 6.95. The van der Waals surface area contributed by atoms with Gasteiger partial charge in [-0.2, -0.15) is 4.83 Å². The van der Waals surface area contributed by atoms with E-state index in [2.05, 4.69) is 10.3 Å². The molecule has 0 aliphatic carbocycles. The van der Waals surface area contributed by atoms with Gasteiger partial charge in [-0.25, -0.2) is 0 Å². The van der Waals surface area contributed by atoms with Crippen molar-refractivity contribution in [2.75, 3.05) is 7.11 Å². The summed E-state index contributed by atoms with van der Waals surface area (Å²) in [6.45, 7) is 0. The van der Waals surface area contributed by atoms with E-state index in [4.69, 9.17) is 20.8 Å². The van der Waals surface area contributed by atoms with Crippen molar-refractivity contribution in [1.29, 1.82) is 0 Å². The largest absolute Gasteiger partial charge is 0.497 e. The Morgan fingerprint density at radius 2 is 2.09 bits per heavy atom. The molecule has 1 amide bonds. The number of nitrogens with one attached hydrogen (secondary N) is 2. The fourth-order valence-electron chi connectivity index (χ4n) is 1.98. The first-order valence-electron chi connectivity index (χ1n) is 6.71. The van der Waals surface area contributed by atoms with Crippen molar-refractivity contribution in [1.82, 2.24) is 10.3 Å². The predicted octanol–water partition coefficient (Wildman–Crippen LogP) is 4.04. The Morgan fingerprint density at radius 3 is 2.91 bits per heavy atom. The van der Waals surface area contributed by atoms with E-state index in [0.29, 0.717) is 10.6 Å². The van der Waals surface area contributed by atoms with Crippen LogP contribution >= 0.6 is 23.5 Å². The zero-order valence-corrected chi connectivity index (χ0v) is 13.7. The standard InChI is InChI=1S/C16H13ClN2O3S/c1-21-12-3-2-4-13(9-12)23-19-18-16(20)15-8-10-7-11(17)5-6-14(10)22-15/h2-9,19H,1H3,(H,18,20). The summed E-state index contributed by atoms with van der Waals surface area (Å²) in [5, 5.41) is 1.38. The van der Waals surface area contributed by atoms with E-state index in [1.807, 2.05) is 24.3 Å². The van der Waals surface area contributed by atoms with Gasteiger partial charge in [-0.05, 0) is 54.4 Å². The highest BCUT2D eigenvalue weighted by Crippen LogP contribution is 2.23. The number of hydrogen-bond acceptors (Lipinski definition) is 5. The van der Waals surface area contributed by atoms with Crippen LogP contribution in [0.1, 0.15) is 10.6 Å². The van der Waals surface area contributed by atoms with Crippen LogP contribution in [0.5, 0.6) is 5.75 Å². The van der Waals surface area contributed by atoms with Crippen LogP contribution < -0.4 is 15.0 Å². The Kier molecular flexibility index (Phi) is 4.76. The van der Waals surface area contributed by atoms with E-state index in [9.17, 15) is 4.79 Å². The highest BCUT2D eigenvalue weighted by atomic mass is 35.5. The topological polar surface area (TPSA) is 63.5 Å². The van der Waals surface area contributed by atoms with Crippen LogP contribution in [-0.4, -0.2) is 13.0 Å². The molecule has 0 radical (unpaired) electrons. The summed E-state index contributed by atoms with van der Waals surface area (Å²) in [5.41, 5.74) is 3.18. The summed E-state index contributed by atoms with van der Waals surface area (Å²) in [5.74, 6) is 0.589. The Hall–Kier alpha value is -2.15. The van der Waals surface area contributed by atoms with Crippen LogP contribution in [0.4, 0.5) is 0 Å². The van der Waals surface area contributed by atoms with E-state index in [0.717, 1.165) is 16.0 Å². The number of amides is 1. The van der Waals surface area contributed by atoms with Crippen LogP contribution in [0.15, 0.2) is 57.8 Å². The zero-order valence-electron chi connectivity index (χ0n) is 12.1. The number of ether oxygens (including phenoxy) is 1. The molecular formula is C16H13ClN2O3S. The summed E-state index contributed by atoms with van der Waals surface area (Å²) >= 11 is 7.17. The van der Waals surface area contributed by atoms with Crippen molar-refractivity contribution in [3.05, 3.63) is 59.3 Å². The van der Waals surface area contributed by atoms with Crippen molar-refractivity contribution in [3.8, 4) is 5.75 Å². The van der Waals surface area contributed by atoms with Gasteiger partial charge in [0.2, 0.25) is 0 Å². The minimum Gasteiger partial charge on any atom is -0.497 e. The maximum absolute atomic E-state index is 12.1. The number of carbonyl (C=O) groups excluding carboxylic acids is 1. The second-order valence-electron chi connectivity index (χ2n) is 4.63. The first-order chi connectivity index (χ1) is 11.2. The lowest BCUT2D eigenvalue weighted by atomic mass is 10.2. The minimum absolute atomic E-state index is 0.209. The average molecular weight is 349 g/mol. The molecule has 5 nitrogen and oxygen atoms in total. The monoisotopic (exact) mass is 348 g/mol. The smallest absolute Gasteiger partial charge is 0.301 e. The zero-order chi connectivity index (χ0) is 16.2. The number of rotatable bonds is 5. The molecule has 2 N–H and O–H groups in total. The molecule has 0 spiro atoms. The summed E-state index contributed by atoms with van der Waals surface area (Å²) in [7, 11) is 1.60. The molecule has 23 heavy (non-hydrogen) atoms. The Morgan fingerprint density at radius 1 is 1.22 bits per heavy atom. The third-order valence-electron chi connectivity index (χ3n) is 3.08. The number of halogens is 1. The lowest BCUT2D eigenvalue weighted by Gasteiger charge is -2.06. The van der Waals surface area contributed by atoms with Gasteiger partial charge < -0.3 is 9.15 Å². The Bertz CT molecular complexity index is 850. The van der Waals surface area contributed by atoms with E-state index in [1.165, 1.54) is 11.9 Å². The maximum atomic E-state index is 12.1. The number of fused-ring (bicyclic) bond motifs is 1. The number of hydrogen-bond donors (Lipinski definition) is 2. The summed E-state index contributed by atoms with van der Waals surface area (Å²) in [4.78, 5) is 15.8. The van der Waals surface area contributed by atoms with Crippen molar-refractivity contribution in [2.45, 2.75) is 4.90 Å². The number of methoxy groups -OCH3 is 1. The van der Waals surface area contributed by atoms with Crippen molar-refractivity contribution < 1.29 is 13.9 Å². The molecule has 1 aromatic heterocycles. The van der Waals surface area contributed by atoms with Gasteiger partial charge in [-0.15, -0.1) is 0 Å². The normalized spacial score (nSPS) is 10.7. The van der Waals surface area contributed by atoms with Crippen molar-refractivity contribution in [2.24, 2.45) is 0 Å². The van der Waals surface area contributed by atoms with Crippen LogP contribution in [0.2, 0.25) is 5.02 Å². The highest BCUT2D eigenvalue weighted by Gasteiger charge is 2.12. The molecule has 0 saturated carbocycles. The lowest BCUT2D eigenvalue weighted by Crippen LogP contribution is -2.32. The predicted molar refractivity (Wildman–Crippen MR) is 90.7 cm³/mol. The van der Waals surface area contributed by atoms with Crippen LogP contribution in [0, 0.1) is 0 Å². The molecule has 0 atom stereocenters. The van der Waals surface area contributed by atoms with Crippen LogP contribution in [0.3, 0.4) is 0 Å². The maximum Gasteiger partial charge on any atom is 0.301 e. The van der Waals surface area contributed by atoms with Gasteiger partial charge in [-0.3, -0.25) is 10.2 Å². The Balaban J connectivity index is 1.61. The third kappa shape index (κ3) is 3.79. The van der Waals surface area contributed by atoms with Gasteiger partial charge in [0, 0.05) is 15.3 Å². The number of furan rings is 1. The lowest BCUT2D eigenvalue weighted by molar-refractivity contribution is 0.0921. The number of hydrazine groups is 1. The molecule has 3 aromatic rings. The molecule has 1 heterocycles. The number of carbonyl (C=O) groups is 1. The summed E-state index contributed by atoms with van der Waals surface area (Å²) < 4.78 is 10.6. The molecule has 0 aliphatic rings. The molecular weight excluding hydrogens is 336 g/mol. The fraction of sp³-hybridized carbons (Fsp3) is 0.0625. The van der Waals surface area contributed by atoms with Crippen LogP contribution in [0.25, 0.3) is 11.0 Å². The summed E-state index contributed by atoms with van der Waals surface area (Å²) in [6.07, 6.45) is 0. The van der Waals surface area contributed by atoms with Gasteiger partial charge in [0.25, 0.3) is 0 Å². The molecule has 0 bridgehead atoms. The first-order valence-corrected chi connectivity index (χ1v) is 7.90. The molecule has 118 valence electrons. The molecule has 2 aromatic carbocycles. The van der Waals surface area contributed by atoms with Gasteiger partial charge in [0.15, 0.2) is 5.76 Å². The average Bonchev–Trinajstić information content (AvgIpc) is 2.98. The number of benzene rings is 2. The van der Waals surface area contributed by atoms with Gasteiger partial charge in [-0.1, -0.05) is 17.7 Å². The van der Waals surface area contributed by atoms with Gasteiger partial charge in [0.05, 0.1) is 7.11 Å². The van der Waals surface area contributed by atoms with Gasteiger partial charge in [0.1, 0.15) is 11.3 Å². The molecule has 0 aliphatic heterocycles. The molecule has 0 fully saturated rings. The van der Waals surface area contributed by atoms with E-state index < -0.39 is 0 Å². The van der Waals surface area contributed by atoms with Crippen molar-refractivity contribution >= 4 is 40.4 Å². The van der Waals surface area contributed by atoms with E-state index in [1.54, 1.807) is 31.4 Å². The quantitative estimate of drug-likeness (QED) is 0.538. The SMILES string of the molecule is COc1cccc(SNNC(=O)c2cc3cc(Cl)ccc3o2)c1. The van der Waals surface area contributed by atoms with E-state index >= 15 is 0 Å². The minimum atomic E-state index is -0.368. The second-order valence-corrected chi connectivity index (χ2v) is 5.95. The van der Waals surface area contributed by atoms with Crippen LogP contribution in [-0.2, 0) is 0 Å². The Labute approximate surface area is 142 Å². The molecule has 7 heteroatoms. The molecule has 0 saturated heterocycles.